The molecule has 1 saturated heterocycles. The first-order valence-electron chi connectivity index (χ1n) is 5.90. The number of likely N-dealkylation sites (tertiary alicyclic amines) is 1. The van der Waals surface area contributed by atoms with E-state index in [1.165, 1.54) is 6.92 Å². The lowest BCUT2D eigenvalue weighted by Crippen LogP contribution is -2.48. The van der Waals surface area contributed by atoms with Crippen molar-refractivity contribution in [1.29, 1.82) is 0 Å². The second kappa shape index (κ2) is 6.81. The number of imide groups is 1. The number of hydrogen-bond donors (Lipinski definition) is 1. The van der Waals surface area contributed by atoms with Crippen molar-refractivity contribution in [2.45, 2.75) is 38.2 Å². The van der Waals surface area contributed by atoms with Gasteiger partial charge in [-0.25, -0.2) is 4.79 Å². The number of halogens is 1. The van der Waals surface area contributed by atoms with Crippen molar-refractivity contribution in [2.75, 3.05) is 19.7 Å². The van der Waals surface area contributed by atoms with E-state index >= 15 is 0 Å². The Labute approximate surface area is 106 Å². The maximum absolute atomic E-state index is 11.7. The van der Waals surface area contributed by atoms with Gasteiger partial charge in [-0.1, -0.05) is 0 Å². The van der Waals surface area contributed by atoms with Crippen LogP contribution < -0.4 is 5.32 Å². The molecule has 98 valence electrons. The van der Waals surface area contributed by atoms with Crippen LogP contribution >= 0.6 is 11.6 Å². The second-order valence-electron chi connectivity index (χ2n) is 4.05. The number of carbonyl (C=O) groups excluding carboxylic acids is 2. The fraction of sp³-hybridized carbons (Fsp3) is 0.818. The number of urea groups is 1. The average molecular weight is 263 g/mol. The number of piperidine rings is 1. The zero-order chi connectivity index (χ0) is 12.8. The van der Waals surface area contributed by atoms with E-state index in [2.05, 4.69) is 5.32 Å². The minimum atomic E-state index is -0.695. The third-order valence-electron chi connectivity index (χ3n) is 2.72. The van der Waals surface area contributed by atoms with E-state index < -0.39 is 11.3 Å². The van der Waals surface area contributed by atoms with Crippen LogP contribution in [0, 0.1) is 0 Å². The molecule has 1 unspecified atom stereocenters. The SMILES string of the molecule is CCOC1CCN(C(=O)NC(=O)C(C)Cl)CC1. The molecule has 1 rings (SSSR count). The summed E-state index contributed by atoms with van der Waals surface area (Å²) in [5.41, 5.74) is 0. The normalized spacial score (nSPS) is 18.9. The van der Waals surface area contributed by atoms with Crippen LogP contribution in [0.5, 0.6) is 0 Å². The number of ether oxygens (including phenoxy) is 1. The Hall–Kier alpha value is -0.810. The topological polar surface area (TPSA) is 58.6 Å². The largest absolute Gasteiger partial charge is 0.378 e. The van der Waals surface area contributed by atoms with Gasteiger partial charge in [-0.05, 0) is 26.7 Å². The van der Waals surface area contributed by atoms with E-state index in [0.29, 0.717) is 19.7 Å². The van der Waals surface area contributed by atoms with Gasteiger partial charge < -0.3 is 9.64 Å². The lowest BCUT2D eigenvalue weighted by atomic mass is 10.1. The summed E-state index contributed by atoms with van der Waals surface area (Å²) in [6, 6.07) is -0.363. The number of hydrogen-bond acceptors (Lipinski definition) is 3. The Morgan fingerprint density at radius 3 is 2.53 bits per heavy atom. The Bertz CT molecular complexity index is 276. The van der Waals surface area contributed by atoms with Gasteiger partial charge in [0.2, 0.25) is 5.91 Å². The molecule has 1 atom stereocenters. The molecule has 0 aliphatic carbocycles. The predicted molar refractivity (Wildman–Crippen MR) is 65.1 cm³/mol. The van der Waals surface area contributed by atoms with Crippen molar-refractivity contribution in [2.24, 2.45) is 0 Å². The molecule has 0 aromatic heterocycles. The van der Waals surface area contributed by atoms with Crippen LogP contribution in [-0.4, -0.2) is 48.0 Å². The van der Waals surface area contributed by atoms with E-state index in [4.69, 9.17) is 16.3 Å². The first-order chi connectivity index (χ1) is 8.04. The number of nitrogens with zero attached hydrogens (tertiary/aromatic N) is 1. The highest BCUT2D eigenvalue weighted by molar-refractivity contribution is 6.31. The van der Waals surface area contributed by atoms with Crippen LogP contribution in [0.3, 0.4) is 0 Å². The minimum Gasteiger partial charge on any atom is -0.378 e. The van der Waals surface area contributed by atoms with E-state index in [1.807, 2.05) is 6.92 Å². The zero-order valence-electron chi connectivity index (χ0n) is 10.2. The van der Waals surface area contributed by atoms with Gasteiger partial charge in [-0.15, -0.1) is 11.6 Å². The summed E-state index contributed by atoms with van der Waals surface area (Å²) >= 11 is 5.57. The van der Waals surface area contributed by atoms with Crippen molar-refractivity contribution in [3.63, 3.8) is 0 Å². The lowest BCUT2D eigenvalue weighted by molar-refractivity contribution is -0.119. The molecule has 17 heavy (non-hydrogen) atoms. The third kappa shape index (κ3) is 4.52. The average Bonchev–Trinajstić information content (AvgIpc) is 2.30. The van der Waals surface area contributed by atoms with Crippen LogP contribution in [0.4, 0.5) is 4.79 Å². The fourth-order valence-electron chi connectivity index (χ4n) is 1.75. The van der Waals surface area contributed by atoms with Gasteiger partial charge in [-0.3, -0.25) is 10.1 Å². The Kier molecular flexibility index (Phi) is 5.71. The molecule has 5 nitrogen and oxygen atoms in total. The van der Waals surface area contributed by atoms with Crippen LogP contribution in [0.2, 0.25) is 0 Å². The Balaban J connectivity index is 2.33. The van der Waals surface area contributed by atoms with Gasteiger partial charge in [0.05, 0.1) is 6.10 Å². The van der Waals surface area contributed by atoms with Crippen LogP contribution in [0.25, 0.3) is 0 Å². The number of rotatable bonds is 3. The molecule has 1 fully saturated rings. The minimum absolute atomic E-state index is 0.228. The third-order valence-corrected chi connectivity index (χ3v) is 2.92. The van der Waals surface area contributed by atoms with E-state index in [9.17, 15) is 9.59 Å². The number of amides is 3. The summed E-state index contributed by atoms with van der Waals surface area (Å²) in [5, 5.41) is 1.58. The number of carbonyl (C=O) groups is 2. The van der Waals surface area contributed by atoms with E-state index in [-0.39, 0.29) is 12.1 Å². The molecule has 1 heterocycles. The molecule has 0 aromatic rings. The highest BCUT2D eigenvalue weighted by atomic mass is 35.5. The standard InChI is InChI=1S/C11H19ClN2O3/c1-3-17-9-4-6-14(7-5-9)11(16)13-10(15)8(2)12/h8-9H,3-7H2,1-2H3,(H,13,15,16). The van der Waals surface area contributed by atoms with Gasteiger partial charge >= 0.3 is 6.03 Å². The van der Waals surface area contributed by atoms with E-state index in [1.54, 1.807) is 4.90 Å². The van der Waals surface area contributed by atoms with Crippen molar-refractivity contribution in [1.82, 2.24) is 10.2 Å². The zero-order valence-corrected chi connectivity index (χ0v) is 11.0. The molecule has 1 aliphatic rings. The molecule has 0 radical (unpaired) electrons. The first kappa shape index (κ1) is 14.3. The summed E-state index contributed by atoms with van der Waals surface area (Å²) in [6.07, 6.45) is 1.85. The Morgan fingerprint density at radius 2 is 2.06 bits per heavy atom. The van der Waals surface area contributed by atoms with Gasteiger partial charge in [0.25, 0.3) is 0 Å². The molecule has 0 spiro atoms. The molecule has 3 amide bonds. The maximum Gasteiger partial charge on any atom is 0.324 e. The second-order valence-corrected chi connectivity index (χ2v) is 4.71. The predicted octanol–water partition coefficient (Wildman–Crippen LogP) is 1.35. The van der Waals surface area contributed by atoms with Crippen molar-refractivity contribution in [3.05, 3.63) is 0 Å². The van der Waals surface area contributed by atoms with Gasteiger partial charge in [0.15, 0.2) is 0 Å². The highest BCUT2D eigenvalue weighted by Gasteiger charge is 2.24. The summed E-state index contributed by atoms with van der Waals surface area (Å²) in [4.78, 5) is 24.5. The van der Waals surface area contributed by atoms with Gasteiger partial charge in [-0.2, -0.15) is 0 Å². The van der Waals surface area contributed by atoms with E-state index in [0.717, 1.165) is 12.8 Å². The summed E-state index contributed by atoms with van der Waals surface area (Å²) < 4.78 is 5.48. The first-order valence-corrected chi connectivity index (χ1v) is 6.33. The van der Waals surface area contributed by atoms with Gasteiger partial charge in [0.1, 0.15) is 5.38 Å². The van der Waals surface area contributed by atoms with Crippen molar-refractivity contribution < 1.29 is 14.3 Å². The molecule has 1 aliphatic heterocycles. The number of nitrogens with one attached hydrogen (secondary N) is 1. The van der Waals surface area contributed by atoms with Gasteiger partial charge in [0, 0.05) is 19.7 Å². The monoisotopic (exact) mass is 262 g/mol. The highest BCUT2D eigenvalue weighted by Crippen LogP contribution is 2.13. The summed E-state index contributed by atoms with van der Waals surface area (Å²) in [6.45, 7) is 5.41. The molecule has 6 heteroatoms. The number of alkyl halides is 1. The van der Waals surface area contributed by atoms with Crippen molar-refractivity contribution >= 4 is 23.5 Å². The smallest absolute Gasteiger partial charge is 0.324 e. The summed E-state index contributed by atoms with van der Waals surface area (Å²) in [7, 11) is 0. The summed E-state index contributed by atoms with van der Waals surface area (Å²) in [5.74, 6) is -0.455. The quantitative estimate of drug-likeness (QED) is 0.781. The Morgan fingerprint density at radius 1 is 1.47 bits per heavy atom. The lowest BCUT2D eigenvalue weighted by Gasteiger charge is -2.31. The molecule has 0 saturated carbocycles. The maximum atomic E-state index is 11.7. The van der Waals surface area contributed by atoms with Crippen molar-refractivity contribution in [3.8, 4) is 0 Å². The molecule has 1 N–H and O–H groups in total. The molecule has 0 aromatic carbocycles. The molecular formula is C11H19ClN2O3. The fourth-order valence-corrected chi connectivity index (χ4v) is 1.80. The molecule has 0 bridgehead atoms. The van der Waals surface area contributed by atoms with Crippen LogP contribution in [-0.2, 0) is 9.53 Å². The van der Waals surface area contributed by atoms with Crippen LogP contribution in [0.1, 0.15) is 26.7 Å². The molecular weight excluding hydrogens is 244 g/mol. The van der Waals surface area contributed by atoms with Crippen LogP contribution in [0.15, 0.2) is 0 Å².